The Kier molecular flexibility index (Phi) is 5.96. The number of para-hydroxylation sites is 2. The van der Waals surface area contributed by atoms with Crippen LogP contribution >= 0.6 is 0 Å². The number of rotatable bonds is 7. The standard InChI is InChI=1S/C21H25N3/c1-6-8-11-17(3)18-14-19(16-22-15-18)24(5)21-13-10-9-12-20(21)23(4)7-2/h6-10,12-16H,2-3,11H2,1,4-5H3/b8-6-. The van der Waals surface area contributed by atoms with Crippen molar-refractivity contribution >= 4 is 22.6 Å². The van der Waals surface area contributed by atoms with Crippen LogP contribution in [0.5, 0.6) is 0 Å². The zero-order valence-corrected chi connectivity index (χ0v) is 14.7. The first-order valence-corrected chi connectivity index (χ1v) is 8.01. The predicted molar refractivity (Wildman–Crippen MR) is 106 cm³/mol. The summed E-state index contributed by atoms with van der Waals surface area (Å²) in [5, 5.41) is 0. The molecular weight excluding hydrogens is 294 g/mol. The number of hydrogen-bond donors (Lipinski definition) is 0. The highest BCUT2D eigenvalue weighted by molar-refractivity contribution is 5.78. The van der Waals surface area contributed by atoms with Gasteiger partial charge in [0, 0.05) is 20.3 Å². The van der Waals surface area contributed by atoms with Crippen molar-refractivity contribution in [2.45, 2.75) is 13.3 Å². The largest absolute Gasteiger partial charge is 0.350 e. The third-order valence-electron chi connectivity index (χ3n) is 4.02. The molecular formula is C21H25N3. The summed E-state index contributed by atoms with van der Waals surface area (Å²) < 4.78 is 0. The van der Waals surface area contributed by atoms with Crippen molar-refractivity contribution in [3.8, 4) is 0 Å². The molecule has 0 saturated carbocycles. The molecule has 1 heterocycles. The molecule has 3 nitrogen and oxygen atoms in total. The minimum atomic E-state index is 0.834. The minimum absolute atomic E-state index is 0.834. The molecule has 0 amide bonds. The van der Waals surface area contributed by atoms with E-state index in [0.29, 0.717) is 0 Å². The Balaban J connectivity index is 2.36. The summed E-state index contributed by atoms with van der Waals surface area (Å²) in [6.45, 7) is 10.0. The van der Waals surface area contributed by atoms with Crippen LogP contribution < -0.4 is 9.80 Å². The lowest BCUT2D eigenvalue weighted by Gasteiger charge is -2.26. The molecule has 0 spiro atoms. The van der Waals surface area contributed by atoms with Gasteiger partial charge in [0.25, 0.3) is 0 Å². The molecule has 0 aliphatic rings. The summed E-state index contributed by atoms with van der Waals surface area (Å²) in [6.07, 6.45) is 10.5. The first-order valence-electron chi connectivity index (χ1n) is 8.01. The Bertz CT molecular complexity index is 746. The van der Waals surface area contributed by atoms with Crippen molar-refractivity contribution < 1.29 is 0 Å². The third-order valence-corrected chi connectivity index (χ3v) is 4.02. The van der Waals surface area contributed by atoms with Gasteiger partial charge in [-0.25, -0.2) is 0 Å². The number of allylic oxidation sites excluding steroid dienone is 3. The van der Waals surface area contributed by atoms with E-state index in [0.717, 1.165) is 34.6 Å². The Morgan fingerprint density at radius 2 is 1.88 bits per heavy atom. The van der Waals surface area contributed by atoms with Crippen molar-refractivity contribution in [2.24, 2.45) is 0 Å². The van der Waals surface area contributed by atoms with Crippen molar-refractivity contribution in [3.05, 3.63) is 79.8 Å². The number of nitrogens with zero attached hydrogens (tertiary/aromatic N) is 3. The quantitative estimate of drug-likeness (QED) is 0.636. The normalized spacial score (nSPS) is 10.6. The van der Waals surface area contributed by atoms with Gasteiger partial charge in [0.05, 0.1) is 23.3 Å². The number of benzene rings is 1. The number of anilines is 3. The van der Waals surface area contributed by atoms with Crippen LogP contribution in [-0.2, 0) is 0 Å². The van der Waals surface area contributed by atoms with Gasteiger partial charge >= 0.3 is 0 Å². The number of aromatic nitrogens is 1. The zero-order chi connectivity index (χ0) is 17.5. The van der Waals surface area contributed by atoms with Gasteiger partial charge in [0.2, 0.25) is 0 Å². The Morgan fingerprint density at radius 3 is 2.54 bits per heavy atom. The highest BCUT2D eigenvalue weighted by Gasteiger charge is 2.12. The van der Waals surface area contributed by atoms with E-state index in [9.17, 15) is 0 Å². The van der Waals surface area contributed by atoms with Gasteiger partial charge in [-0.05, 0) is 48.9 Å². The van der Waals surface area contributed by atoms with Crippen LogP contribution in [-0.4, -0.2) is 19.1 Å². The summed E-state index contributed by atoms with van der Waals surface area (Å²) in [6, 6.07) is 10.4. The van der Waals surface area contributed by atoms with E-state index in [1.807, 2.05) is 56.5 Å². The van der Waals surface area contributed by atoms with Crippen molar-refractivity contribution in [1.82, 2.24) is 4.98 Å². The lowest BCUT2D eigenvalue weighted by atomic mass is 10.1. The van der Waals surface area contributed by atoms with Crippen LogP contribution in [0.15, 0.2) is 74.2 Å². The van der Waals surface area contributed by atoms with Crippen LogP contribution in [0.4, 0.5) is 17.1 Å². The van der Waals surface area contributed by atoms with E-state index in [1.165, 1.54) is 0 Å². The highest BCUT2D eigenvalue weighted by atomic mass is 15.2. The van der Waals surface area contributed by atoms with Gasteiger partial charge in [0.1, 0.15) is 0 Å². The maximum absolute atomic E-state index is 4.39. The molecule has 0 aliphatic carbocycles. The fourth-order valence-electron chi connectivity index (χ4n) is 2.47. The molecule has 0 bridgehead atoms. The van der Waals surface area contributed by atoms with Crippen LogP contribution in [0.25, 0.3) is 5.57 Å². The van der Waals surface area contributed by atoms with Crippen LogP contribution in [0, 0.1) is 0 Å². The second-order valence-electron chi connectivity index (χ2n) is 5.65. The molecule has 0 saturated heterocycles. The molecule has 3 heteroatoms. The lowest BCUT2D eigenvalue weighted by molar-refractivity contribution is 1.13. The molecule has 0 fully saturated rings. The lowest BCUT2D eigenvalue weighted by Crippen LogP contribution is -2.16. The van der Waals surface area contributed by atoms with E-state index in [2.05, 4.69) is 47.3 Å². The summed E-state index contributed by atoms with van der Waals surface area (Å²) in [4.78, 5) is 8.54. The maximum atomic E-state index is 4.39. The number of pyridine rings is 1. The molecule has 124 valence electrons. The first-order chi connectivity index (χ1) is 11.6. The second kappa shape index (κ2) is 8.16. The molecule has 2 aromatic rings. The molecule has 0 atom stereocenters. The first kappa shape index (κ1) is 17.5. The molecule has 0 unspecified atom stereocenters. The molecule has 2 rings (SSSR count). The van der Waals surface area contributed by atoms with Crippen molar-refractivity contribution in [1.29, 1.82) is 0 Å². The minimum Gasteiger partial charge on any atom is -0.350 e. The van der Waals surface area contributed by atoms with Crippen LogP contribution in [0.1, 0.15) is 18.9 Å². The zero-order valence-electron chi connectivity index (χ0n) is 14.7. The van der Waals surface area contributed by atoms with Crippen molar-refractivity contribution in [3.63, 3.8) is 0 Å². The van der Waals surface area contributed by atoms with E-state index >= 15 is 0 Å². The second-order valence-corrected chi connectivity index (χ2v) is 5.65. The highest BCUT2D eigenvalue weighted by Crippen LogP contribution is 2.33. The van der Waals surface area contributed by atoms with E-state index in [-0.39, 0.29) is 0 Å². The maximum Gasteiger partial charge on any atom is 0.0649 e. The Hall–Kier alpha value is -2.81. The topological polar surface area (TPSA) is 19.4 Å². The predicted octanol–water partition coefficient (Wildman–Crippen LogP) is 5.41. The smallest absolute Gasteiger partial charge is 0.0649 e. The van der Waals surface area contributed by atoms with Gasteiger partial charge in [0.15, 0.2) is 0 Å². The monoisotopic (exact) mass is 319 g/mol. The Morgan fingerprint density at radius 1 is 1.17 bits per heavy atom. The van der Waals surface area contributed by atoms with Gasteiger partial charge in [-0.1, -0.05) is 37.4 Å². The third kappa shape index (κ3) is 3.93. The number of hydrogen-bond acceptors (Lipinski definition) is 3. The average Bonchev–Trinajstić information content (AvgIpc) is 2.64. The molecule has 1 aromatic carbocycles. The molecule has 0 aliphatic heterocycles. The molecule has 1 aromatic heterocycles. The fourth-order valence-corrected chi connectivity index (χ4v) is 2.47. The molecule has 0 radical (unpaired) electrons. The summed E-state index contributed by atoms with van der Waals surface area (Å²) in [5.74, 6) is 0. The van der Waals surface area contributed by atoms with Gasteiger partial charge in [-0.2, -0.15) is 0 Å². The van der Waals surface area contributed by atoms with E-state index < -0.39 is 0 Å². The molecule has 24 heavy (non-hydrogen) atoms. The van der Waals surface area contributed by atoms with Gasteiger partial charge in [-0.15, -0.1) is 0 Å². The van der Waals surface area contributed by atoms with E-state index in [4.69, 9.17) is 0 Å². The van der Waals surface area contributed by atoms with Gasteiger partial charge < -0.3 is 9.80 Å². The fraction of sp³-hybridized carbons (Fsp3) is 0.190. The summed E-state index contributed by atoms with van der Waals surface area (Å²) in [5.41, 5.74) is 5.34. The van der Waals surface area contributed by atoms with Gasteiger partial charge in [-0.3, -0.25) is 4.98 Å². The summed E-state index contributed by atoms with van der Waals surface area (Å²) >= 11 is 0. The Labute approximate surface area is 145 Å². The van der Waals surface area contributed by atoms with E-state index in [1.54, 1.807) is 6.20 Å². The molecule has 0 N–H and O–H groups in total. The average molecular weight is 319 g/mol. The van der Waals surface area contributed by atoms with Crippen molar-refractivity contribution in [2.75, 3.05) is 23.9 Å². The van der Waals surface area contributed by atoms with Crippen LogP contribution in [0.3, 0.4) is 0 Å². The van der Waals surface area contributed by atoms with Crippen LogP contribution in [0.2, 0.25) is 0 Å². The summed E-state index contributed by atoms with van der Waals surface area (Å²) in [7, 11) is 4.04. The SMILES string of the molecule is C=CN(C)c1ccccc1N(C)c1cncc(C(=C)C/C=C\C)c1.